The number of halogens is 2. The summed E-state index contributed by atoms with van der Waals surface area (Å²) in [5, 5.41) is 9.90. The van der Waals surface area contributed by atoms with Crippen molar-refractivity contribution >= 4 is 27.5 Å². The molecule has 0 aliphatic carbocycles. The largest absolute Gasteiger partial charge is 0.305 e. The number of aromatic nitrogens is 3. The van der Waals surface area contributed by atoms with E-state index in [4.69, 9.17) is 11.6 Å². The Morgan fingerprint density at radius 2 is 2.00 bits per heavy atom. The molecular formula is C13H15BrClN3. The predicted octanol–water partition coefficient (Wildman–Crippen LogP) is 4.25. The summed E-state index contributed by atoms with van der Waals surface area (Å²) in [6, 6.07) is 7.68. The molecule has 18 heavy (non-hydrogen) atoms. The first-order valence-electron chi connectivity index (χ1n) is 5.70. The Bertz CT molecular complexity index is 558. The Hall–Kier alpha value is -0.870. The number of nitrogens with zero attached hydrogens (tertiary/aromatic N) is 3. The highest BCUT2D eigenvalue weighted by atomic mass is 79.9. The van der Waals surface area contributed by atoms with Crippen molar-refractivity contribution in [2.24, 2.45) is 0 Å². The van der Waals surface area contributed by atoms with Gasteiger partial charge in [-0.15, -0.1) is 10.2 Å². The Labute approximate surface area is 120 Å². The SMILES string of the molecule is CC(C)(C)n1c(CBr)nnc1-c1cccc(Cl)c1. The third-order valence-corrected chi connectivity index (χ3v) is 3.34. The molecule has 2 rings (SSSR count). The predicted molar refractivity (Wildman–Crippen MR) is 78.1 cm³/mol. The zero-order valence-electron chi connectivity index (χ0n) is 10.6. The van der Waals surface area contributed by atoms with Crippen LogP contribution < -0.4 is 0 Å². The van der Waals surface area contributed by atoms with Gasteiger partial charge in [-0.2, -0.15) is 0 Å². The van der Waals surface area contributed by atoms with Gasteiger partial charge < -0.3 is 4.57 Å². The lowest BCUT2D eigenvalue weighted by Crippen LogP contribution is -2.24. The minimum absolute atomic E-state index is 0.0791. The summed E-state index contributed by atoms with van der Waals surface area (Å²) >= 11 is 9.49. The van der Waals surface area contributed by atoms with Gasteiger partial charge in [0.15, 0.2) is 5.82 Å². The van der Waals surface area contributed by atoms with Crippen molar-refractivity contribution in [1.82, 2.24) is 14.8 Å². The van der Waals surface area contributed by atoms with Crippen LogP contribution in [0.25, 0.3) is 11.4 Å². The normalized spacial score (nSPS) is 11.8. The van der Waals surface area contributed by atoms with Crippen molar-refractivity contribution in [3.8, 4) is 11.4 Å². The van der Waals surface area contributed by atoms with E-state index in [1.165, 1.54) is 0 Å². The average Bonchev–Trinajstić information content (AvgIpc) is 2.72. The molecule has 0 bridgehead atoms. The highest BCUT2D eigenvalue weighted by Gasteiger charge is 2.23. The van der Waals surface area contributed by atoms with Crippen molar-refractivity contribution < 1.29 is 0 Å². The van der Waals surface area contributed by atoms with Crippen molar-refractivity contribution in [3.05, 3.63) is 35.1 Å². The molecule has 0 spiro atoms. The first-order chi connectivity index (χ1) is 8.43. The van der Waals surface area contributed by atoms with Crippen LogP contribution in [0.15, 0.2) is 24.3 Å². The molecule has 2 aromatic rings. The van der Waals surface area contributed by atoms with Gasteiger partial charge >= 0.3 is 0 Å². The first-order valence-corrected chi connectivity index (χ1v) is 7.20. The molecule has 0 radical (unpaired) electrons. The lowest BCUT2D eigenvalue weighted by Gasteiger charge is -2.24. The second-order valence-electron chi connectivity index (χ2n) is 5.09. The average molecular weight is 329 g/mol. The molecule has 3 nitrogen and oxygen atoms in total. The Morgan fingerprint density at radius 1 is 1.28 bits per heavy atom. The first kappa shape index (κ1) is 13.6. The second-order valence-corrected chi connectivity index (χ2v) is 6.09. The third kappa shape index (κ3) is 2.59. The van der Waals surface area contributed by atoms with E-state index in [0.717, 1.165) is 17.2 Å². The fraction of sp³-hybridized carbons (Fsp3) is 0.385. The molecule has 0 unspecified atom stereocenters. The van der Waals surface area contributed by atoms with Crippen LogP contribution in [0.1, 0.15) is 26.6 Å². The van der Waals surface area contributed by atoms with E-state index in [1.54, 1.807) is 0 Å². The third-order valence-electron chi connectivity index (χ3n) is 2.60. The molecule has 1 heterocycles. The summed E-state index contributed by atoms with van der Waals surface area (Å²) in [5.41, 5.74) is 0.904. The van der Waals surface area contributed by atoms with Crippen LogP contribution in [-0.2, 0) is 10.9 Å². The van der Waals surface area contributed by atoms with Crippen molar-refractivity contribution in [2.45, 2.75) is 31.6 Å². The van der Waals surface area contributed by atoms with Crippen LogP contribution in [0.4, 0.5) is 0 Å². The van der Waals surface area contributed by atoms with Gasteiger partial charge in [-0.1, -0.05) is 39.7 Å². The quantitative estimate of drug-likeness (QED) is 0.772. The number of rotatable bonds is 2. The molecule has 0 amide bonds. The summed E-state index contributed by atoms with van der Waals surface area (Å²) in [6.07, 6.45) is 0. The van der Waals surface area contributed by atoms with E-state index >= 15 is 0 Å². The summed E-state index contributed by atoms with van der Waals surface area (Å²) < 4.78 is 2.13. The summed E-state index contributed by atoms with van der Waals surface area (Å²) in [5.74, 6) is 1.76. The van der Waals surface area contributed by atoms with Crippen molar-refractivity contribution in [3.63, 3.8) is 0 Å². The van der Waals surface area contributed by atoms with Crippen LogP contribution in [0.5, 0.6) is 0 Å². The molecule has 0 N–H and O–H groups in total. The van der Waals surface area contributed by atoms with E-state index in [0.29, 0.717) is 10.4 Å². The maximum Gasteiger partial charge on any atom is 0.164 e. The molecule has 0 atom stereocenters. The molecule has 1 aromatic heterocycles. The maximum atomic E-state index is 6.04. The van der Waals surface area contributed by atoms with Gasteiger partial charge in [0.2, 0.25) is 0 Å². The Balaban J connectivity index is 2.62. The fourth-order valence-corrected chi connectivity index (χ4v) is 2.48. The monoisotopic (exact) mass is 327 g/mol. The second kappa shape index (κ2) is 5.02. The van der Waals surface area contributed by atoms with Gasteiger partial charge in [-0.3, -0.25) is 0 Å². The zero-order chi connectivity index (χ0) is 13.3. The Morgan fingerprint density at radius 3 is 2.56 bits per heavy atom. The molecule has 1 aromatic carbocycles. The molecule has 5 heteroatoms. The number of benzene rings is 1. The van der Waals surface area contributed by atoms with Gasteiger partial charge in [0.1, 0.15) is 5.82 Å². The lowest BCUT2D eigenvalue weighted by molar-refractivity contribution is 0.391. The molecule has 0 fully saturated rings. The van der Waals surface area contributed by atoms with E-state index < -0.39 is 0 Å². The van der Waals surface area contributed by atoms with E-state index in [1.807, 2.05) is 24.3 Å². The lowest BCUT2D eigenvalue weighted by atomic mass is 10.1. The molecule has 96 valence electrons. The van der Waals surface area contributed by atoms with E-state index in [9.17, 15) is 0 Å². The van der Waals surface area contributed by atoms with Crippen molar-refractivity contribution in [2.75, 3.05) is 0 Å². The van der Waals surface area contributed by atoms with Crippen LogP contribution in [-0.4, -0.2) is 14.8 Å². The van der Waals surface area contributed by atoms with Crippen LogP contribution in [0, 0.1) is 0 Å². The summed E-state index contributed by atoms with van der Waals surface area (Å²) in [4.78, 5) is 0. The van der Waals surface area contributed by atoms with Gasteiger partial charge in [0.05, 0.1) is 5.33 Å². The van der Waals surface area contributed by atoms with Crippen LogP contribution in [0.2, 0.25) is 5.02 Å². The molecule has 0 saturated carbocycles. The van der Waals surface area contributed by atoms with Crippen LogP contribution in [0.3, 0.4) is 0 Å². The Kier molecular flexibility index (Phi) is 3.78. The van der Waals surface area contributed by atoms with Gasteiger partial charge in [0.25, 0.3) is 0 Å². The molecule has 0 aliphatic rings. The number of hydrogen-bond acceptors (Lipinski definition) is 2. The van der Waals surface area contributed by atoms with Gasteiger partial charge in [-0.05, 0) is 32.9 Å². The zero-order valence-corrected chi connectivity index (χ0v) is 13.0. The highest BCUT2D eigenvalue weighted by molar-refractivity contribution is 9.08. The summed E-state index contributed by atoms with van der Waals surface area (Å²) in [6.45, 7) is 6.41. The number of alkyl halides is 1. The van der Waals surface area contributed by atoms with E-state index in [2.05, 4.69) is 51.5 Å². The fourth-order valence-electron chi connectivity index (χ4n) is 1.92. The highest BCUT2D eigenvalue weighted by Crippen LogP contribution is 2.28. The minimum atomic E-state index is -0.0791. The van der Waals surface area contributed by atoms with Crippen LogP contribution >= 0.6 is 27.5 Å². The molecule has 0 aliphatic heterocycles. The van der Waals surface area contributed by atoms with Crippen molar-refractivity contribution in [1.29, 1.82) is 0 Å². The molecule has 0 saturated heterocycles. The summed E-state index contributed by atoms with van der Waals surface area (Å²) in [7, 11) is 0. The van der Waals surface area contributed by atoms with Gasteiger partial charge in [-0.25, -0.2) is 0 Å². The minimum Gasteiger partial charge on any atom is -0.305 e. The van der Waals surface area contributed by atoms with Gasteiger partial charge in [0, 0.05) is 16.1 Å². The topological polar surface area (TPSA) is 30.7 Å². The number of hydrogen-bond donors (Lipinski definition) is 0. The standard InChI is InChI=1S/C13H15BrClN3/c1-13(2,3)18-11(8-14)16-17-12(18)9-5-4-6-10(15)7-9/h4-7H,8H2,1-3H3. The molecular weight excluding hydrogens is 314 g/mol. The maximum absolute atomic E-state index is 6.04. The van der Waals surface area contributed by atoms with E-state index in [-0.39, 0.29) is 5.54 Å². The smallest absolute Gasteiger partial charge is 0.164 e.